The van der Waals surface area contributed by atoms with Crippen LogP contribution in [0.3, 0.4) is 0 Å². The summed E-state index contributed by atoms with van der Waals surface area (Å²) < 4.78 is 0. The van der Waals surface area contributed by atoms with E-state index in [-0.39, 0.29) is 11.8 Å². The minimum atomic E-state index is -0.529. The second-order valence-electron chi connectivity index (χ2n) is 5.33. The summed E-state index contributed by atoms with van der Waals surface area (Å²) in [6, 6.07) is 9.04. The van der Waals surface area contributed by atoms with E-state index in [0.717, 1.165) is 18.4 Å². The largest absolute Gasteiger partial charge is 0.354 e. The van der Waals surface area contributed by atoms with Crippen LogP contribution < -0.4 is 10.6 Å². The Labute approximate surface area is 133 Å². The average Bonchev–Trinajstić information content (AvgIpc) is 2.53. The van der Waals surface area contributed by atoms with Crippen molar-refractivity contribution in [3.63, 3.8) is 0 Å². The average molecular weight is 302 g/mol. The molecule has 2 amide bonds. The first-order chi connectivity index (χ1) is 10.6. The van der Waals surface area contributed by atoms with Gasteiger partial charge in [0.15, 0.2) is 0 Å². The highest BCUT2D eigenvalue weighted by Crippen LogP contribution is 2.00. The van der Waals surface area contributed by atoms with Gasteiger partial charge in [-0.15, -0.1) is 0 Å². The van der Waals surface area contributed by atoms with Crippen LogP contribution in [0, 0.1) is 0 Å². The highest BCUT2D eigenvalue weighted by Gasteiger charge is 2.13. The SMILES string of the molecule is CCCCCCNC(=O)C(C)NC(=O)C=Cc1ccccc1. The molecular formula is C18H26N2O2. The van der Waals surface area contributed by atoms with E-state index in [9.17, 15) is 9.59 Å². The first kappa shape index (κ1) is 18.0. The van der Waals surface area contributed by atoms with Gasteiger partial charge >= 0.3 is 0 Å². The predicted molar refractivity (Wildman–Crippen MR) is 90.2 cm³/mol. The fourth-order valence-corrected chi connectivity index (χ4v) is 1.98. The van der Waals surface area contributed by atoms with Crippen molar-refractivity contribution in [1.29, 1.82) is 0 Å². The predicted octanol–water partition coefficient (Wildman–Crippen LogP) is 2.90. The Morgan fingerprint density at radius 2 is 1.86 bits per heavy atom. The molecular weight excluding hydrogens is 276 g/mol. The molecule has 0 aliphatic heterocycles. The van der Waals surface area contributed by atoms with Crippen molar-refractivity contribution in [2.75, 3.05) is 6.54 Å². The first-order valence-corrected chi connectivity index (χ1v) is 7.94. The molecule has 0 bridgehead atoms. The number of carbonyl (C=O) groups is 2. The summed E-state index contributed by atoms with van der Waals surface area (Å²) in [5, 5.41) is 5.51. The number of nitrogens with one attached hydrogen (secondary N) is 2. The summed E-state index contributed by atoms with van der Waals surface area (Å²) in [6.07, 6.45) is 7.64. The van der Waals surface area contributed by atoms with Crippen molar-refractivity contribution in [2.24, 2.45) is 0 Å². The van der Waals surface area contributed by atoms with Crippen molar-refractivity contribution >= 4 is 17.9 Å². The molecule has 0 saturated carbocycles. The van der Waals surface area contributed by atoms with Crippen molar-refractivity contribution < 1.29 is 9.59 Å². The lowest BCUT2D eigenvalue weighted by Crippen LogP contribution is -2.44. The molecule has 0 aromatic heterocycles. The third-order valence-corrected chi connectivity index (χ3v) is 3.31. The summed E-state index contributed by atoms with van der Waals surface area (Å²) in [5.41, 5.74) is 0.950. The maximum absolute atomic E-state index is 11.8. The van der Waals surface area contributed by atoms with E-state index >= 15 is 0 Å². The van der Waals surface area contributed by atoms with Crippen LogP contribution in [-0.4, -0.2) is 24.4 Å². The van der Waals surface area contributed by atoms with E-state index in [1.165, 1.54) is 18.9 Å². The number of unbranched alkanes of at least 4 members (excludes halogenated alkanes) is 3. The Morgan fingerprint density at radius 3 is 2.55 bits per heavy atom. The van der Waals surface area contributed by atoms with E-state index in [4.69, 9.17) is 0 Å². The molecule has 0 radical (unpaired) electrons. The molecule has 1 aromatic rings. The summed E-state index contributed by atoms with van der Waals surface area (Å²) in [4.78, 5) is 23.6. The van der Waals surface area contributed by atoms with Gasteiger partial charge in [0.05, 0.1) is 0 Å². The highest BCUT2D eigenvalue weighted by atomic mass is 16.2. The van der Waals surface area contributed by atoms with Gasteiger partial charge in [0.2, 0.25) is 11.8 Å². The molecule has 4 nitrogen and oxygen atoms in total. The molecule has 0 fully saturated rings. The van der Waals surface area contributed by atoms with Gasteiger partial charge in [0, 0.05) is 12.6 Å². The molecule has 1 rings (SSSR count). The molecule has 4 heteroatoms. The second-order valence-corrected chi connectivity index (χ2v) is 5.33. The zero-order chi connectivity index (χ0) is 16.2. The monoisotopic (exact) mass is 302 g/mol. The van der Waals surface area contributed by atoms with E-state index in [1.54, 1.807) is 13.0 Å². The summed E-state index contributed by atoms with van der Waals surface area (Å²) >= 11 is 0. The van der Waals surface area contributed by atoms with Crippen LogP contribution in [0.1, 0.15) is 45.1 Å². The molecule has 0 heterocycles. The van der Waals surface area contributed by atoms with Gasteiger partial charge in [-0.2, -0.15) is 0 Å². The van der Waals surface area contributed by atoms with Crippen molar-refractivity contribution in [2.45, 2.75) is 45.6 Å². The normalized spacial score (nSPS) is 12.1. The molecule has 0 saturated heterocycles. The van der Waals surface area contributed by atoms with Crippen molar-refractivity contribution in [1.82, 2.24) is 10.6 Å². The van der Waals surface area contributed by atoms with Crippen LogP contribution in [0.2, 0.25) is 0 Å². The lowest BCUT2D eigenvalue weighted by Gasteiger charge is -2.12. The Bertz CT molecular complexity index is 483. The number of benzene rings is 1. The standard InChI is InChI=1S/C18H26N2O2/c1-3-4-5-9-14-19-18(22)15(2)20-17(21)13-12-16-10-7-6-8-11-16/h6-8,10-13,15H,3-5,9,14H2,1-2H3,(H,19,22)(H,20,21). The topological polar surface area (TPSA) is 58.2 Å². The zero-order valence-corrected chi connectivity index (χ0v) is 13.5. The highest BCUT2D eigenvalue weighted by molar-refractivity contribution is 5.95. The molecule has 0 aliphatic carbocycles. The van der Waals surface area contributed by atoms with Gasteiger partial charge in [-0.3, -0.25) is 9.59 Å². The summed E-state index contributed by atoms with van der Waals surface area (Å²) in [5.74, 6) is -0.407. The van der Waals surface area contributed by atoms with Gasteiger partial charge in [-0.25, -0.2) is 0 Å². The molecule has 120 valence electrons. The van der Waals surface area contributed by atoms with E-state index in [0.29, 0.717) is 6.54 Å². The number of carbonyl (C=O) groups excluding carboxylic acids is 2. The smallest absolute Gasteiger partial charge is 0.244 e. The van der Waals surface area contributed by atoms with Crippen LogP contribution in [-0.2, 0) is 9.59 Å². The van der Waals surface area contributed by atoms with E-state index in [1.807, 2.05) is 30.3 Å². The number of amides is 2. The van der Waals surface area contributed by atoms with Gasteiger partial charge < -0.3 is 10.6 Å². The Hall–Kier alpha value is -2.10. The number of hydrogen-bond donors (Lipinski definition) is 2. The van der Waals surface area contributed by atoms with Gasteiger partial charge in [-0.05, 0) is 25.0 Å². The third kappa shape index (κ3) is 7.62. The Morgan fingerprint density at radius 1 is 1.14 bits per heavy atom. The van der Waals surface area contributed by atoms with Crippen LogP contribution in [0.15, 0.2) is 36.4 Å². The zero-order valence-electron chi connectivity index (χ0n) is 13.5. The van der Waals surface area contributed by atoms with E-state index < -0.39 is 6.04 Å². The molecule has 2 N–H and O–H groups in total. The molecule has 0 spiro atoms. The number of hydrogen-bond acceptors (Lipinski definition) is 2. The number of rotatable bonds is 9. The Kier molecular flexibility index (Phi) is 8.65. The van der Waals surface area contributed by atoms with Crippen molar-refractivity contribution in [3.8, 4) is 0 Å². The fourth-order valence-electron chi connectivity index (χ4n) is 1.98. The fraction of sp³-hybridized carbons (Fsp3) is 0.444. The van der Waals surface area contributed by atoms with Crippen LogP contribution >= 0.6 is 0 Å². The van der Waals surface area contributed by atoms with Crippen LogP contribution in [0.25, 0.3) is 6.08 Å². The maximum Gasteiger partial charge on any atom is 0.244 e. The minimum absolute atomic E-state index is 0.141. The van der Waals surface area contributed by atoms with E-state index in [2.05, 4.69) is 17.6 Å². The summed E-state index contributed by atoms with van der Waals surface area (Å²) in [7, 11) is 0. The summed E-state index contributed by atoms with van der Waals surface area (Å²) in [6.45, 7) is 4.51. The lowest BCUT2D eigenvalue weighted by atomic mass is 10.2. The van der Waals surface area contributed by atoms with Crippen LogP contribution in [0.4, 0.5) is 0 Å². The Balaban J connectivity index is 2.28. The first-order valence-electron chi connectivity index (χ1n) is 7.94. The van der Waals surface area contributed by atoms with Gasteiger partial charge in [-0.1, -0.05) is 56.5 Å². The molecule has 1 aromatic carbocycles. The van der Waals surface area contributed by atoms with Crippen LogP contribution in [0.5, 0.6) is 0 Å². The molecule has 1 unspecified atom stereocenters. The quantitative estimate of drug-likeness (QED) is 0.544. The lowest BCUT2D eigenvalue weighted by molar-refractivity contribution is -0.126. The third-order valence-electron chi connectivity index (χ3n) is 3.31. The second kappa shape index (κ2) is 10.6. The maximum atomic E-state index is 11.8. The molecule has 22 heavy (non-hydrogen) atoms. The molecule has 0 aliphatic rings. The van der Waals surface area contributed by atoms with Gasteiger partial charge in [0.25, 0.3) is 0 Å². The van der Waals surface area contributed by atoms with Crippen molar-refractivity contribution in [3.05, 3.63) is 42.0 Å². The minimum Gasteiger partial charge on any atom is -0.354 e. The van der Waals surface area contributed by atoms with Gasteiger partial charge in [0.1, 0.15) is 6.04 Å². The molecule has 1 atom stereocenters.